The lowest BCUT2D eigenvalue weighted by Crippen LogP contribution is -2.29. The molecular weight excluding hydrogens is 356 g/mol. The average molecular weight is 380 g/mol. The van der Waals surface area contributed by atoms with Crippen LogP contribution in [0.1, 0.15) is 18.7 Å². The molecule has 0 bridgehead atoms. The van der Waals surface area contributed by atoms with Crippen molar-refractivity contribution in [3.63, 3.8) is 0 Å². The van der Waals surface area contributed by atoms with E-state index in [0.717, 1.165) is 54.4 Å². The third-order valence-electron chi connectivity index (χ3n) is 4.77. The second-order valence-electron chi connectivity index (χ2n) is 6.91. The van der Waals surface area contributed by atoms with Gasteiger partial charge in [0.2, 0.25) is 5.91 Å². The summed E-state index contributed by atoms with van der Waals surface area (Å²) >= 11 is 0. The SMILES string of the molecule is NC(=O)CNCc1nc2ccc(Oc3ccccc3)cc2n1C[C@H]1CCCO1. The van der Waals surface area contributed by atoms with Crippen molar-refractivity contribution in [2.24, 2.45) is 5.73 Å². The van der Waals surface area contributed by atoms with Gasteiger partial charge in [-0.2, -0.15) is 0 Å². The highest BCUT2D eigenvalue weighted by Gasteiger charge is 2.20. The predicted octanol–water partition coefficient (Wildman–Crippen LogP) is 2.58. The molecule has 1 amide bonds. The van der Waals surface area contributed by atoms with Crippen LogP contribution in [0, 0.1) is 0 Å². The molecule has 1 saturated heterocycles. The van der Waals surface area contributed by atoms with E-state index < -0.39 is 0 Å². The normalized spacial score (nSPS) is 16.5. The maximum Gasteiger partial charge on any atom is 0.231 e. The third kappa shape index (κ3) is 4.32. The van der Waals surface area contributed by atoms with Crippen LogP contribution in [0.2, 0.25) is 0 Å². The molecule has 2 aromatic carbocycles. The van der Waals surface area contributed by atoms with Crippen LogP contribution in [0.3, 0.4) is 0 Å². The first-order valence-electron chi connectivity index (χ1n) is 9.52. The Labute approximate surface area is 163 Å². The number of para-hydroxylation sites is 1. The van der Waals surface area contributed by atoms with Gasteiger partial charge in [-0.25, -0.2) is 4.98 Å². The number of imidazole rings is 1. The molecule has 7 nitrogen and oxygen atoms in total. The number of benzene rings is 2. The van der Waals surface area contributed by atoms with Crippen LogP contribution in [0.4, 0.5) is 0 Å². The van der Waals surface area contributed by atoms with Gasteiger partial charge in [-0.05, 0) is 37.1 Å². The summed E-state index contributed by atoms with van der Waals surface area (Å²) in [4.78, 5) is 15.8. The fourth-order valence-electron chi connectivity index (χ4n) is 3.47. The third-order valence-corrected chi connectivity index (χ3v) is 4.77. The zero-order valence-electron chi connectivity index (χ0n) is 15.6. The highest BCUT2D eigenvalue weighted by molar-refractivity contribution is 5.78. The van der Waals surface area contributed by atoms with E-state index in [1.165, 1.54) is 0 Å². The maximum absolute atomic E-state index is 11.0. The van der Waals surface area contributed by atoms with Crippen molar-refractivity contribution in [3.05, 3.63) is 54.4 Å². The average Bonchev–Trinajstić information content (AvgIpc) is 3.31. The molecule has 2 heterocycles. The molecule has 7 heteroatoms. The first-order chi connectivity index (χ1) is 13.7. The summed E-state index contributed by atoms with van der Waals surface area (Å²) in [5.41, 5.74) is 7.10. The number of hydrogen-bond acceptors (Lipinski definition) is 5. The van der Waals surface area contributed by atoms with Gasteiger partial charge in [-0.15, -0.1) is 0 Å². The predicted molar refractivity (Wildman–Crippen MR) is 106 cm³/mol. The number of nitrogens with one attached hydrogen (secondary N) is 1. The molecule has 0 radical (unpaired) electrons. The molecule has 0 saturated carbocycles. The van der Waals surface area contributed by atoms with Crippen molar-refractivity contribution in [1.82, 2.24) is 14.9 Å². The first-order valence-corrected chi connectivity index (χ1v) is 9.52. The van der Waals surface area contributed by atoms with Gasteiger partial charge in [0, 0.05) is 12.7 Å². The fourth-order valence-corrected chi connectivity index (χ4v) is 3.47. The summed E-state index contributed by atoms with van der Waals surface area (Å²) in [7, 11) is 0. The van der Waals surface area contributed by atoms with Crippen molar-refractivity contribution in [3.8, 4) is 11.5 Å². The summed E-state index contributed by atoms with van der Waals surface area (Å²) in [5, 5.41) is 3.05. The Balaban J connectivity index is 1.63. The Kier molecular flexibility index (Phi) is 5.55. The number of fused-ring (bicyclic) bond motifs is 1. The van der Waals surface area contributed by atoms with Crippen LogP contribution >= 0.6 is 0 Å². The Hall–Kier alpha value is -2.90. The summed E-state index contributed by atoms with van der Waals surface area (Å²) in [6.45, 7) is 2.10. The number of nitrogens with two attached hydrogens (primary N) is 1. The molecule has 0 aliphatic carbocycles. The molecule has 1 aliphatic rings. The molecule has 0 spiro atoms. The van der Waals surface area contributed by atoms with Crippen molar-refractivity contribution in [1.29, 1.82) is 0 Å². The number of rotatable bonds is 8. The lowest BCUT2D eigenvalue weighted by Gasteiger charge is -2.15. The Bertz CT molecular complexity index is 949. The molecule has 1 fully saturated rings. The van der Waals surface area contributed by atoms with Crippen LogP contribution in [-0.2, 0) is 22.6 Å². The number of amides is 1. The summed E-state index contributed by atoms with van der Waals surface area (Å²) in [5.74, 6) is 2.00. The van der Waals surface area contributed by atoms with E-state index >= 15 is 0 Å². The van der Waals surface area contributed by atoms with E-state index in [2.05, 4.69) is 9.88 Å². The molecule has 4 rings (SSSR count). The maximum atomic E-state index is 11.0. The molecule has 146 valence electrons. The fraction of sp³-hybridized carbons (Fsp3) is 0.333. The van der Waals surface area contributed by atoms with E-state index in [9.17, 15) is 4.79 Å². The van der Waals surface area contributed by atoms with E-state index in [1.807, 2.05) is 48.5 Å². The standard InChI is InChI=1S/C21H24N4O3/c22-20(26)12-23-13-21-24-18-9-8-16(28-15-5-2-1-3-6-15)11-19(18)25(21)14-17-7-4-10-27-17/h1-3,5-6,8-9,11,17,23H,4,7,10,12-14H2,(H2,22,26)/t17-/m1/s1. The zero-order chi connectivity index (χ0) is 19.3. The number of ether oxygens (including phenoxy) is 2. The van der Waals surface area contributed by atoms with E-state index in [4.69, 9.17) is 20.2 Å². The van der Waals surface area contributed by atoms with Gasteiger partial charge < -0.3 is 25.1 Å². The monoisotopic (exact) mass is 380 g/mol. The van der Waals surface area contributed by atoms with Gasteiger partial charge >= 0.3 is 0 Å². The van der Waals surface area contributed by atoms with Crippen LogP contribution in [0.25, 0.3) is 11.0 Å². The van der Waals surface area contributed by atoms with Crippen molar-refractivity contribution in [2.45, 2.75) is 32.0 Å². The summed E-state index contributed by atoms with van der Waals surface area (Å²) < 4.78 is 14.0. The summed E-state index contributed by atoms with van der Waals surface area (Å²) in [6, 6.07) is 15.6. The van der Waals surface area contributed by atoms with Crippen LogP contribution in [0.15, 0.2) is 48.5 Å². The van der Waals surface area contributed by atoms with Crippen molar-refractivity contribution >= 4 is 16.9 Å². The van der Waals surface area contributed by atoms with Gasteiger partial charge in [-0.3, -0.25) is 4.79 Å². The Morgan fingerprint density at radius 3 is 2.86 bits per heavy atom. The number of nitrogens with zero attached hydrogens (tertiary/aromatic N) is 2. The van der Waals surface area contributed by atoms with Crippen LogP contribution in [0.5, 0.6) is 11.5 Å². The van der Waals surface area contributed by atoms with E-state index in [0.29, 0.717) is 6.54 Å². The number of primary amides is 1. The van der Waals surface area contributed by atoms with Gasteiger partial charge in [-0.1, -0.05) is 18.2 Å². The largest absolute Gasteiger partial charge is 0.457 e. The van der Waals surface area contributed by atoms with E-state index in [-0.39, 0.29) is 18.6 Å². The highest BCUT2D eigenvalue weighted by Crippen LogP contribution is 2.27. The van der Waals surface area contributed by atoms with Crippen LogP contribution in [-0.4, -0.2) is 34.7 Å². The second kappa shape index (κ2) is 8.41. The zero-order valence-corrected chi connectivity index (χ0v) is 15.6. The number of carbonyl (C=O) groups excluding carboxylic acids is 1. The quantitative estimate of drug-likeness (QED) is 0.627. The smallest absolute Gasteiger partial charge is 0.231 e. The Morgan fingerprint density at radius 2 is 2.11 bits per heavy atom. The molecule has 3 aromatic rings. The molecule has 0 unspecified atom stereocenters. The molecule has 1 aromatic heterocycles. The minimum Gasteiger partial charge on any atom is -0.457 e. The molecule has 28 heavy (non-hydrogen) atoms. The minimum atomic E-state index is -0.389. The van der Waals surface area contributed by atoms with Gasteiger partial charge in [0.05, 0.1) is 36.8 Å². The van der Waals surface area contributed by atoms with Gasteiger partial charge in [0.15, 0.2) is 0 Å². The first kappa shape index (κ1) is 18.5. The van der Waals surface area contributed by atoms with Gasteiger partial charge in [0.25, 0.3) is 0 Å². The molecule has 1 atom stereocenters. The second-order valence-corrected chi connectivity index (χ2v) is 6.91. The van der Waals surface area contributed by atoms with Gasteiger partial charge in [0.1, 0.15) is 17.3 Å². The molecule has 1 aliphatic heterocycles. The highest BCUT2D eigenvalue weighted by atomic mass is 16.5. The van der Waals surface area contributed by atoms with Crippen molar-refractivity contribution < 1.29 is 14.3 Å². The lowest BCUT2D eigenvalue weighted by molar-refractivity contribution is -0.117. The summed E-state index contributed by atoms with van der Waals surface area (Å²) in [6.07, 6.45) is 2.29. The van der Waals surface area contributed by atoms with Crippen molar-refractivity contribution in [2.75, 3.05) is 13.2 Å². The minimum absolute atomic E-state index is 0.117. The molecular formula is C21H24N4O3. The number of aromatic nitrogens is 2. The van der Waals surface area contributed by atoms with E-state index in [1.54, 1.807) is 0 Å². The van der Waals surface area contributed by atoms with Crippen LogP contribution < -0.4 is 15.8 Å². The molecule has 3 N–H and O–H groups in total. The number of hydrogen-bond donors (Lipinski definition) is 2. The topological polar surface area (TPSA) is 91.4 Å². The number of carbonyl (C=O) groups is 1. The lowest BCUT2D eigenvalue weighted by atomic mass is 10.2. The Morgan fingerprint density at radius 1 is 1.25 bits per heavy atom.